The van der Waals surface area contributed by atoms with Gasteiger partial charge in [0.25, 0.3) is 5.56 Å². The Morgan fingerprint density at radius 2 is 2.04 bits per heavy atom. The molecule has 1 heterocycles. The minimum atomic E-state index is -0.318. The lowest BCUT2D eigenvalue weighted by atomic mass is 10.2. The molecule has 0 aliphatic carbocycles. The molecule has 0 saturated heterocycles. The Labute approximate surface area is 136 Å². The highest BCUT2D eigenvalue weighted by Gasteiger charge is 2.11. The number of benzene rings is 2. The van der Waals surface area contributed by atoms with Crippen molar-refractivity contribution in [1.82, 2.24) is 9.55 Å². The van der Waals surface area contributed by atoms with Crippen LogP contribution in [-0.2, 0) is 12.8 Å². The van der Waals surface area contributed by atoms with Crippen LogP contribution in [0.3, 0.4) is 0 Å². The molecule has 4 nitrogen and oxygen atoms in total. The van der Waals surface area contributed by atoms with Gasteiger partial charge in [-0.25, -0.2) is 9.37 Å². The van der Waals surface area contributed by atoms with E-state index in [4.69, 9.17) is 4.74 Å². The van der Waals surface area contributed by atoms with E-state index in [1.165, 1.54) is 28.5 Å². The zero-order chi connectivity index (χ0) is 16.4. The molecule has 0 unspecified atom stereocenters. The van der Waals surface area contributed by atoms with Crippen molar-refractivity contribution in [2.24, 2.45) is 7.05 Å². The Balaban J connectivity index is 1.95. The third kappa shape index (κ3) is 3.07. The van der Waals surface area contributed by atoms with Crippen LogP contribution in [0, 0.1) is 5.82 Å². The van der Waals surface area contributed by atoms with Crippen LogP contribution in [0.25, 0.3) is 10.9 Å². The van der Waals surface area contributed by atoms with Gasteiger partial charge in [0.2, 0.25) is 0 Å². The highest BCUT2D eigenvalue weighted by molar-refractivity contribution is 7.98. The quantitative estimate of drug-likeness (QED) is 0.543. The van der Waals surface area contributed by atoms with Crippen LogP contribution in [0.1, 0.15) is 5.56 Å². The summed E-state index contributed by atoms with van der Waals surface area (Å²) in [5.41, 5.74) is 1.29. The molecule has 6 heteroatoms. The Hall–Kier alpha value is -2.34. The van der Waals surface area contributed by atoms with E-state index in [1.54, 1.807) is 26.3 Å². The number of fused-ring (bicyclic) bond motifs is 1. The normalized spacial score (nSPS) is 10.9. The van der Waals surface area contributed by atoms with E-state index in [2.05, 4.69) is 4.98 Å². The highest BCUT2D eigenvalue weighted by Crippen LogP contribution is 2.27. The van der Waals surface area contributed by atoms with E-state index in [9.17, 15) is 9.18 Å². The maximum absolute atomic E-state index is 13.4. The lowest BCUT2D eigenvalue weighted by Gasteiger charge is -2.11. The molecular formula is C17H15FN2O2S. The summed E-state index contributed by atoms with van der Waals surface area (Å²) >= 11 is 1.37. The van der Waals surface area contributed by atoms with E-state index in [1.807, 2.05) is 18.2 Å². The largest absolute Gasteiger partial charge is 0.496 e. The molecule has 1 aromatic heterocycles. The van der Waals surface area contributed by atoms with Gasteiger partial charge in [-0.3, -0.25) is 9.36 Å². The molecule has 0 radical (unpaired) electrons. The number of thioether (sulfide) groups is 1. The minimum absolute atomic E-state index is 0.0932. The van der Waals surface area contributed by atoms with Crippen molar-refractivity contribution in [3.63, 3.8) is 0 Å². The number of nitrogens with zero attached hydrogens (tertiary/aromatic N) is 2. The van der Waals surface area contributed by atoms with Crippen LogP contribution in [0.2, 0.25) is 0 Å². The van der Waals surface area contributed by atoms with Crippen molar-refractivity contribution in [3.8, 4) is 5.75 Å². The SMILES string of the molecule is COc1ccc(F)cc1CSc1nc2ccccc2c(=O)n1C. The van der Waals surface area contributed by atoms with Gasteiger partial charge in [-0.2, -0.15) is 0 Å². The monoisotopic (exact) mass is 330 g/mol. The zero-order valence-corrected chi connectivity index (χ0v) is 13.6. The first-order valence-electron chi connectivity index (χ1n) is 7.01. The van der Waals surface area contributed by atoms with E-state index in [-0.39, 0.29) is 11.4 Å². The lowest BCUT2D eigenvalue weighted by molar-refractivity contribution is 0.410. The molecule has 23 heavy (non-hydrogen) atoms. The second-order valence-corrected chi connectivity index (χ2v) is 5.96. The predicted molar refractivity (Wildman–Crippen MR) is 89.5 cm³/mol. The topological polar surface area (TPSA) is 44.1 Å². The van der Waals surface area contributed by atoms with Gasteiger partial charge in [-0.1, -0.05) is 23.9 Å². The van der Waals surface area contributed by atoms with Gasteiger partial charge in [0.1, 0.15) is 11.6 Å². The molecule has 3 aromatic rings. The van der Waals surface area contributed by atoms with Crippen LogP contribution in [0.5, 0.6) is 5.75 Å². The van der Waals surface area contributed by atoms with Crippen molar-refractivity contribution >= 4 is 22.7 Å². The Kier molecular flexibility index (Phi) is 4.34. The van der Waals surface area contributed by atoms with E-state index in [0.717, 1.165) is 5.56 Å². The highest BCUT2D eigenvalue weighted by atomic mass is 32.2. The molecule has 0 amide bonds. The standard InChI is InChI=1S/C17H15FN2O2S/c1-20-16(21)13-5-3-4-6-14(13)19-17(20)23-10-11-9-12(18)7-8-15(11)22-2/h3-9H,10H2,1-2H3. The number of hydrogen-bond acceptors (Lipinski definition) is 4. The number of hydrogen-bond donors (Lipinski definition) is 0. The number of rotatable bonds is 4. The predicted octanol–water partition coefficient (Wildman–Crippen LogP) is 3.37. The summed E-state index contributed by atoms with van der Waals surface area (Å²) in [7, 11) is 3.23. The van der Waals surface area contributed by atoms with Crippen LogP contribution in [-0.4, -0.2) is 16.7 Å². The van der Waals surface area contributed by atoms with Gasteiger partial charge >= 0.3 is 0 Å². The molecule has 3 rings (SSSR count). The summed E-state index contributed by atoms with van der Waals surface area (Å²) in [6.07, 6.45) is 0. The third-order valence-electron chi connectivity index (χ3n) is 3.54. The first-order chi connectivity index (χ1) is 11.1. The second-order valence-electron chi connectivity index (χ2n) is 5.02. The molecule has 0 aliphatic rings. The molecule has 0 aliphatic heterocycles. The summed E-state index contributed by atoms with van der Waals surface area (Å²) in [4.78, 5) is 16.9. The maximum atomic E-state index is 13.4. The molecule has 0 saturated carbocycles. The lowest BCUT2D eigenvalue weighted by Crippen LogP contribution is -2.19. The van der Waals surface area contributed by atoms with Crippen molar-refractivity contribution in [2.75, 3.05) is 7.11 Å². The summed E-state index contributed by atoms with van der Waals surface area (Å²) in [5, 5.41) is 1.17. The number of para-hydroxylation sites is 1. The Morgan fingerprint density at radius 1 is 1.26 bits per heavy atom. The van der Waals surface area contributed by atoms with Crippen LogP contribution < -0.4 is 10.3 Å². The van der Waals surface area contributed by atoms with Gasteiger partial charge < -0.3 is 4.74 Å². The smallest absolute Gasteiger partial charge is 0.261 e. The number of halogens is 1. The molecule has 0 atom stereocenters. The Morgan fingerprint density at radius 3 is 2.83 bits per heavy atom. The first-order valence-corrected chi connectivity index (χ1v) is 7.99. The van der Waals surface area contributed by atoms with Crippen molar-refractivity contribution in [2.45, 2.75) is 10.9 Å². The molecule has 0 spiro atoms. The van der Waals surface area contributed by atoms with E-state index in [0.29, 0.717) is 27.6 Å². The van der Waals surface area contributed by atoms with Crippen LogP contribution in [0.15, 0.2) is 52.4 Å². The fourth-order valence-electron chi connectivity index (χ4n) is 2.33. The van der Waals surface area contributed by atoms with Crippen molar-refractivity contribution in [3.05, 3.63) is 64.2 Å². The number of ether oxygens (including phenoxy) is 1. The number of methoxy groups -OCH3 is 1. The minimum Gasteiger partial charge on any atom is -0.496 e. The zero-order valence-electron chi connectivity index (χ0n) is 12.7. The first kappa shape index (κ1) is 15.6. The molecule has 0 fully saturated rings. The van der Waals surface area contributed by atoms with Crippen LogP contribution in [0.4, 0.5) is 4.39 Å². The molecule has 118 valence electrons. The van der Waals surface area contributed by atoms with Crippen molar-refractivity contribution < 1.29 is 9.13 Å². The van der Waals surface area contributed by atoms with Gasteiger partial charge in [0.05, 0.1) is 18.0 Å². The third-order valence-corrected chi connectivity index (χ3v) is 4.62. The fourth-order valence-corrected chi connectivity index (χ4v) is 3.28. The summed E-state index contributed by atoms with van der Waals surface area (Å²) in [6.45, 7) is 0. The van der Waals surface area contributed by atoms with E-state index < -0.39 is 0 Å². The van der Waals surface area contributed by atoms with Gasteiger partial charge in [0, 0.05) is 18.4 Å². The molecule has 2 aromatic carbocycles. The summed E-state index contributed by atoms with van der Waals surface area (Å²) < 4.78 is 20.2. The van der Waals surface area contributed by atoms with E-state index >= 15 is 0 Å². The second kappa shape index (κ2) is 6.42. The Bertz CT molecular complexity index is 924. The summed E-state index contributed by atoms with van der Waals surface area (Å²) in [5.74, 6) is 0.756. The van der Waals surface area contributed by atoms with Crippen LogP contribution >= 0.6 is 11.8 Å². The average Bonchev–Trinajstić information content (AvgIpc) is 2.57. The molecule has 0 bridgehead atoms. The number of aromatic nitrogens is 2. The maximum Gasteiger partial charge on any atom is 0.261 e. The summed E-state index contributed by atoms with van der Waals surface area (Å²) in [6, 6.07) is 11.6. The molecule has 0 N–H and O–H groups in total. The average molecular weight is 330 g/mol. The van der Waals surface area contributed by atoms with Crippen molar-refractivity contribution in [1.29, 1.82) is 0 Å². The van der Waals surface area contributed by atoms with Gasteiger partial charge in [0.15, 0.2) is 5.16 Å². The van der Waals surface area contributed by atoms with Gasteiger partial charge in [-0.15, -0.1) is 0 Å². The molecular weight excluding hydrogens is 315 g/mol. The van der Waals surface area contributed by atoms with Gasteiger partial charge in [-0.05, 0) is 30.3 Å². The fraction of sp³-hybridized carbons (Fsp3) is 0.176.